The van der Waals surface area contributed by atoms with E-state index in [1.54, 1.807) is 24.3 Å². The summed E-state index contributed by atoms with van der Waals surface area (Å²) in [6, 6.07) is 15.5. The minimum Gasteiger partial charge on any atom is -0.486 e. The topological polar surface area (TPSA) is 75.7 Å². The average Bonchev–Trinajstić information content (AvgIpc) is 2.76. The van der Waals surface area contributed by atoms with Gasteiger partial charge in [0, 0.05) is 4.47 Å². The number of amides is 4. The van der Waals surface area contributed by atoms with Crippen LogP contribution in [0.4, 0.5) is 10.5 Å². The average molecular weight is 619 g/mol. The number of rotatable bonds is 5. The van der Waals surface area contributed by atoms with Gasteiger partial charge >= 0.3 is 6.03 Å². The van der Waals surface area contributed by atoms with Crippen molar-refractivity contribution in [1.29, 1.82) is 0 Å². The first-order chi connectivity index (χ1) is 16.6. The Morgan fingerprint density at radius 2 is 1.63 bits per heavy atom. The van der Waals surface area contributed by atoms with Crippen LogP contribution in [0.2, 0.25) is 5.02 Å². The molecule has 1 saturated heterocycles. The zero-order chi connectivity index (χ0) is 25.3. The Labute approximate surface area is 224 Å². The molecule has 4 amide bonds. The molecule has 0 radical (unpaired) electrons. The van der Waals surface area contributed by atoms with Gasteiger partial charge in [0.05, 0.1) is 15.2 Å². The Balaban J connectivity index is 1.62. The van der Waals surface area contributed by atoms with E-state index in [9.17, 15) is 14.4 Å². The standard InChI is InChI=1S/C26H19Br2ClN2O4/c1-14-7-15(2)9-19(8-14)31-25(33)20(24(32)30-26(31)34)10-17-11-21(28)23(22(29)12-17)35-13-16-3-5-18(27)6-4-16/h3-12H,13H2,1-2H3,(H,30,32,34)/b20-10+. The molecule has 0 bridgehead atoms. The minimum absolute atomic E-state index is 0.185. The number of aryl methyl sites for hydroxylation is 2. The number of nitrogens with zero attached hydrogens (tertiary/aromatic N) is 1. The summed E-state index contributed by atoms with van der Waals surface area (Å²) >= 11 is 13.3. The number of hydrogen-bond donors (Lipinski definition) is 1. The van der Waals surface area contributed by atoms with E-state index in [0.29, 0.717) is 33.1 Å². The number of benzene rings is 3. The number of barbiturate groups is 1. The van der Waals surface area contributed by atoms with Crippen LogP contribution < -0.4 is 15.0 Å². The van der Waals surface area contributed by atoms with Gasteiger partial charge in [-0.15, -0.1) is 0 Å². The second-order valence-electron chi connectivity index (χ2n) is 8.03. The van der Waals surface area contributed by atoms with E-state index in [-0.39, 0.29) is 5.57 Å². The number of halogens is 3. The summed E-state index contributed by atoms with van der Waals surface area (Å²) in [4.78, 5) is 39.2. The predicted octanol–water partition coefficient (Wildman–Crippen LogP) is 6.73. The Morgan fingerprint density at radius 3 is 2.26 bits per heavy atom. The van der Waals surface area contributed by atoms with Crippen LogP contribution in [-0.2, 0) is 16.2 Å². The fourth-order valence-electron chi connectivity index (χ4n) is 3.68. The van der Waals surface area contributed by atoms with Crippen molar-refractivity contribution in [3.8, 4) is 5.75 Å². The van der Waals surface area contributed by atoms with E-state index in [2.05, 4.69) is 37.2 Å². The Hall–Kier alpha value is -2.94. The van der Waals surface area contributed by atoms with E-state index < -0.39 is 17.8 Å². The molecular formula is C26H19Br2ClN2O4. The van der Waals surface area contributed by atoms with Crippen LogP contribution in [0.5, 0.6) is 5.75 Å². The lowest BCUT2D eigenvalue weighted by Crippen LogP contribution is -2.54. The molecule has 178 valence electrons. The van der Waals surface area contributed by atoms with Crippen molar-refractivity contribution in [2.24, 2.45) is 0 Å². The first-order valence-corrected chi connectivity index (χ1v) is 12.4. The third-order valence-electron chi connectivity index (χ3n) is 5.19. The Morgan fingerprint density at radius 1 is 0.971 bits per heavy atom. The number of anilines is 1. The first-order valence-electron chi connectivity index (χ1n) is 10.5. The second kappa shape index (κ2) is 10.4. The molecule has 4 rings (SSSR count). The van der Waals surface area contributed by atoms with Crippen molar-refractivity contribution in [2.75, 3.05) is 4.90 Å². The van der Waals surface area contributed by atoms with Crippen LogP contribution in [0.15, 0.2) is 69.1 Å². The van der Waals surface area contributed by atoms with Crippen molar-refractivity contribution in [2.45, 2.75) is 20.5 Å². The molecule has 1 heterocycles. The zero-order valence-corrected chi connectivity index (χ0v) is 22.6. The van der Waals surface area contributed by atoms with Gasteiger partial charge in [-0.25, -0.2) is 9.69 Å². The van der Waals surface area contributed by atoms with Gasteiger partial charge in [0.1, 0.15) is 12.2 Å². The van der Waals surface area contributed by atoms with Crippen molar-refractivity contribution < 1.29 is 19.1 Å². The fraction of sp³-hybridized carbons (Fsp3) is 0.115. The molecule has 1 N–H and O–H groups in total. The smallest absolute Gasteiger partial charge is 0.335 e. The molecule has 0 aliphatic carbocycles. The van der Waals surface area contributed by atoms with Gasteiger partial charge in [0.2, 0.25) is 0 Å². The van der Waals surface area contributed by atoms with E-state index in [1.807, 2.05) is 44.2 Å². The zero-order valence-electron chi connectivity index (χ0n) is 18.7. The van der Waals surface area contributed by atoms with E-state index in [0.717, 1.165) is 26.1 Å². The highest BCUT2D eigenvalue weighted by atomic mass is 79.9. The normalized spacial score (nSPS) is 14.9. The molecule has 3 aromatic carbocycles. The predicted molar refractivity (Wildman–Crippen MR) is 143 cm³/mol. The number of carbonyl (C=O) groups is 3. The molecule has 0 aromatic heterocycles. The molecule has 9 heteroatoms. The number of hydrogen-bond acceptors (Lipinski definition) is 4. The highest BCUT2D eigenvalue weighted by Gasteiger charge is 2.37. The largest absolute Gasteiger partial charge is 0.486 e. The summed E-state index contributed by atoms with van der Waals surface area (Å²) < 4.78 is 7.40. The van der Waals surface area contributed by atoms with Crippen LogP contribution in [0, 0.1) is 13.8 Å². The van der Waals surface area contributed by atoms with Gasteiger partial charge in [-0.1, -0.05) is 45.7 Å². The van der Waals surface area contributed by atoms with Gasteiger partial charge < -0.3 is 4.74 Å². The summed E-state index contributed by atoms with van der Waals surface area (Å²) in [7, 11) is 0. The molecule has 1 aliphatic heterocycles. The van der Waals surface area contributed by atoms with Crippen molar-refractivity contribution in [1.82, 2.24) is 5.32 Å². The van der Waals surface area contributed by atoms with E-state index >= 15 is 0 Å². The SMILES string of the molecule is Cc1cc(C)cc(N2C(=O)NC(=O)/C(=C\c3cc(Cl)c(OCc4ccc(Br)cc4)c(Br)c3)C2=O)c1. The summed E-state index contributed by atoms with van der Waals surface area (Å²) in [6.07, 6.45) is 1.40. The monoisotopic (exact) mass is 616 g/mol. The van der Waals surface area contributed by atoms with Crippen LogP contribution in [-0.4, -0.2) is 17.8 Å². The summed E-state index contributed by atoms with van der Waals surface area (Å²) in [5.74, 6) is -1.06. The molecule has 3 aromatic rings. The van der Waals surface area contributed by atoms with E-state index in [4.69, 9.17) is 16.3 Å². The molecule has 1 aliphatic rings. The van der Waals surface area contributed by atoms with E-state index in [1.165, 1.54) is 6.08 Å². The van der Waals surface area contributed by atoms with Crippen LogP contribution in [0.3, 0.4) is 0 Å². The van der Waals surface area contributed by atoms with Crippen LogP contribution in [0.25, 0.3) is 6.08 Å². The highest BCUT2D eigenvalue weighted by molar-refractivity contribution is 9.10. The molecular weight excluding hydrogens is 600 g/mol. The van der Waals surface area contributed by atoms with Gasteiger partial charge in [-0.3, -0.25) is 14.9 Å². The lowest BCUT2D eigenvalue weighted by atomic mass is 10.1. The summed E-state index contributed by atoms with van der Waals surface area (Å²) in [5.41, 5.74) is 3.43. The lowest BCUT2D eigenvalue weighted by Gasteiger charge is -2.27. The number of nitrogens with one attached hydrogen (secondary N) is 1. The fourth-order valence-corrected chi connectivity index (χ4v) is 4.93. The summed E-state index contributed by atoms with van der Waals surface area (Å²) in [5, 5.41) is 2.54. The second-order valence-corrected chi connectivity index (χ2v) is 10.2. The number of ether oxygens (including phenoxy) is 1. The van der Waals surface area contributed by atoms with Crippen molar-refractivity contribution in [3.63, 3.8) is 0 Å². The van der Waals surface area contributed by atoms with Gasteiger partial charge in [0.25, 0.3) is 11.8 Å². The molecule has 0 atom stereocenters. The Bertz CT molecular complexity index is 1340. The highest BCUT2D eigenvalue weighted by Crippen LogP contribution is 2.36. The summed E-state index contributed by atoms with van der Waals surface area (Å²) in [6.45, 7) is 4.04. The molecule has 6 nitrogen and oxygen atoms in total. The quantitative estimate of drug-likeness (QED) is 0.254. The third kappa shape index (κ3) is 5.66. The number of carbonyl (C=O) groups excluding carboxylic acids is 3. The Kier molecular flexibility index (Phi) is 7.44. The molecule has 1 fully saturated rings. The number of imide groups is 2. The lowest BCUT2D eigenvalue weighted by molar-refractivity contribution is -0.122. The maximum Gasteiger partial charge on any atom is 0.335 e. The first kappa shape index (κ1) is 25.2. The van der Waals surface area contributed by atoms with Crippen molar-refractivity contribution in [3.05, 3.63) is 96.4 Å². The van der Waals surface area contributed by atoms with Gasteiger partial charge in [-0.2, -0.15) is 0 Å². The maximum atomic E-state index is 13.2. The third-order valence-corrected chi connectivity index (χ3v) is 6.59. The minimum atomic E-state index is -0.793. The van der Waals surface area contributed by atoms with Gasteiger partial charge in [0.15, 0.2) is 5.75 Å². The van der Waals surface area contributed by atoms with Crippen LogP contribution >= 0.6 is 43.5 Å². The molecule has 0 saturated carbocycles. The molecule has 0 unspecified atom stereocenters. The van der Waals surface area contributed by atoms with Crippen molar-refractivity contribution >= 4 is 73.1 Å². The number of urea groups is 1. The van der Waals surface area contributed by atoms with Gasteiger partial charge in [-0.05, 0) is 94.5 Å². The van der Waals surface area contributed by atoms with Crippen LogP contribution in [0.1, 0.15) is 22.3 Å². The molecule has 0 spiro atoms. The molecule has 35 heavy (non-hydrogen) atoms. The maximum absolute atomic E-state index is 13.2.